The summed E-state index contributed by atoms with van der Waals surface area (Å²) in [6, 6.07) is 11.6. The molecule has 1 aromatic carbocycles. The van der Waals surface area contributed by atoms with Gasteiger partial charge >= 0.3 is 6.03 Å². The van der Waals surface area contributed by atoms with Gasteiger partial charge in [-0.15, -0.1) is 0 Å². The molecule has 2 rings (SSSR count). The van der Waals surface area contributed by atoms with Gasteiger partial charge in [0.05, 0.1) is 12.1 Å². The molecule has 0 radical (unpaired) electrons. The number of carbonyl (C=O) groups is 1. The van der Waals surface area contributed by atoms with Crippen LogP contribution in [0.3, 0.4) is 0 Å². The van der Waals surface area contributed by atoms with Crippen molar-refractivity contribution in [3.8, 4) is 0 Å². The molecule has 0 saturated heterocycles. The molecule has 5 heteroatoms. The molecule has 0 saturated carbocycles. The maximum atomic E-state index is 12.8. The lowest BCUT2D eigenvalue weighted by Gasteiger charge is -2.30. The molecule has 134 valence electrons. The highest BCUT2D eigenvalue weighted by atomic mass is 16.5. The van der Waals surface area contributed by atoms with Crippen molar-refractivity contribution in [2.75, 3.05) is 19.0 Å². The van der Waals surface area contributed by atoms with E-state index >= 15 is 0 Å². The first kappa shape index (κ1) is 18.9. The number of amides is 2. The molecule has 0 bridgehead atoms. The summed E-state index contributed by atoms with van der Waals surface area (Å²) >= 11 is 0. The first-order valence-corrected chi connectivity index (χ1v) is 8.71. The summed E-state index contributed by atoms with van der Waals surface area (Å²) in [5.74, 6) is 0. The second-order valence-corrected chi connectivity index (χ2v) is 5.92. The van der Waals surface area contributed by atoms with Crippen LogP contribution in [0.5, 0.6) is 0 Å². The fourth-order valence-electron chi connectivity index (χ4n) is 2.93. The lowest BCUT2D eigenvalue weighted by atomic mass is 10.0. The highest BCUT2D eigenvalue weighted by Gasteiger charge is 2.22. The van der Waals surface area contributed by atoms with Gasteiger partial charge in [0, 0.05) is 31.7 Å². The number of methoxy groups -OCH3 is 1. The van der Waals surface area contributed by atoms with Gasteiger partial charge in [0.2, 0.25) is 0 Å². The normalized spacial score (nSPS) is 13.1. The minimum Gasteiger partial charge on any atom is -0.377 e. The minimum absolute atomic E-state index is 0.0145. The quantitative estimate of drug-likeness (QED) is 0.787. The van der Waals surface area contributed by atoms with Crippen molar-refractivity contribution in [2.45, 2.75) is 39.3 Å². The Bertz CT molecular complexity index is 676. The number of anilines is 1. The molecule has 0 aliphatic heterocycles. The average Bonchev–Trinajstić information content (AvgIpc) is 2.66. The second-order valence-electron chi connectivity index (χ2n) is 5.92. The molecule has 0 aliphatic carbocycles. The van der Waals surface area contributed by atoms with E-state index in [-0.39, 0.29) is 18.2 Å². The SMILES string of the molecule is CC[C@@H](c1ccncc1)N(CC)C(=O)Nc1cccc([C@@H](C)OC)c1. The first-order valence-electron chi connectivity index (χ1n) is 8.71. The van der Waals surface area contributed by atoms with E-state index in [2.05, 4.69) is 17.2 Å². The third-order valence-corrected chi connectivity index (χ3v) is 4.42. The summed E-state index contributed by atoms with van der Waals surface area (Å²) in [5.41, 5.74) is 2.90. The number of nitrogens with zero attached hydrogens (tertiary/aromatic N) is 2. The van der Waals surface area contributed by atoms with Crippen LogP contribution in [0.1, 0.15) is 50.5 Å². The largest absolute Gasteiger partial charge is 0.377 e. The molecule has 2 atom stereocenters. The third-order valence-electron chi connectivity index (χ3n) is 4.42. The molecular weight excluding hydrogens is 314 g/mol. The van der Waals surface area contributed by atoms with Crippen LogP contribution in [-0.4, -0.2) is 29.6 Å². The molecule has 2 aromatic rings. The van der Waals surface area contributed by atoms with Gasteiger partial charge in [0.1, 0.15) is 0 Å². The molecule has 1 N–H and O–H groups in total. The fraction of sp³-hybridized carbons (Fsp3) is 0.400. The number of nitrogens with one attached hydrogen (secondary N) is 1. The molecule has 2 amide bonds. The van der Waals surface area contributed by atoms with E-state index in [1.165, 1.54) is 0 Å². The van der Waals surface area contributed by atoms with Crippen LogP contribution in [0.4, 0.5) is 10.5 Å². The molecule has 25 heavy (non-hydrogen) atoms. The smallest absolute Gasteiger partial charge is 0.322 e. The Kier molecular flexibility index (Phi) is 6.95. The van der Waals surface area contributed by atoms with E-state index in [1.54, 1.807) is 19.5 Å². The third kappa shape index (κ3) is 4.79. The van der Waals surface area contributed by atoms with Crippen LogP contribution >= 0.6 is 0 Å². The Morgan fingerprint density at radius 3 is 2.52 bits per heavy atom. The van der Waals surface area contributed by atoms with Gasteiger partial charge < -0.3 is 15.0 Å². The van der Waals surface area contributed by atoms with E-state index in [0.717, 1.165) is 23.2 Å². The zero-order valence-corrected chi connectivity index (χ0v) is 15.4. The van der Waals surface area contributed by atoms with Crippen LogP contribution < -0.4 is 5.32 Å². The maximum absolute atomic E-state index is 12.8. The van der Waals surface area contributed by atoms with Gasteiger partial charge in [0.25, 0.3) is 0 Å². The monoisotopic (exact) mass is 341 g/mol. The standard InChI is InChI=1S/C20H27N3O2/c1-5-19(16-10-12-21-13-11-16)23(6-2)20(24)22-18-9-7-8-17(14-18)15(3)25-4/h7-15,19H,5-6H2,1-4H3,(H,22,24)/t15-,19+/m1/s1. The Morgan fingerprint density at radius 2 is 1.92 bits per heavy atom. The Hall–Kier alpha value is -2.40. The van der Waals surface area contributed by atoms with Gasteiger partial charge in [-0.2, -0.15) is 0 Å². The van der Waals surface area contributed by atoms with Gasteiger partial charge in [-0.05, 0) is 55.7 Å². The van der Waals surface area contributed by atoms with E-state index < -0.39 is 0 Å². The predicted molar refractivity (Wildman–Crippen MR) is 101 cm³/mol. The van der Waals surface area contributed by atoms with Gasteiger partial charge in [-0.1, -0.05) is 19.1 Å². The number of ether oxygens (including phenoxy) is 1. The van der Waals surface area contributed by atoms with Crippen LogP contribution in [0.2, 0.25) is 0 Å². The summed E-state index contributed by atoms with van der Waals surface area (Å²) < 4.78 is 5.35. The maximum Gasteiger partial charge on any atom is 0.322 e. The summed E-state index contributed by atoms with van der Waals surface area (Å²) in [6.45, 7) is 6.69. The zero-order chi connectivity index (χ0) is 18.2. The predicted octanol–water partition coefficient (Wildman–Crippen LogP) is 4.79. The number of benzene rings is 1. The van der Waals surface area contributed by atoms with E-state index in [4.69, 9.17) is 4.74 Å². The molecule has 0 fully saturated rings. The van der Waals surface area contributed by atoms with Crippen molar-refractivity contribution in [3.05, 3.63) is 59.9 Å². The lowest BCUT2D eigenvalue weighted by Crippen LogP contribution is -2.37. The van der Waals surface area contributed by atoms with Crippen LogP contribution in [-0.2, 0) is 4.74 Å². The number of carbonyl (C=O) groups excluding carboxylic acids is 1. The first-order chi connectivity index (χ1) is 12.1. The number of pyridine rings is 1. The average molecular weight is 341 g/mol. The molecule has 5 nitrogen and oxygen atoms in total. The van der Waals surface area contributed by atoms with Crippen LogP contribution in [0.25, 0.3) is 0 Å². The Morgan fingerprint density at radius 1 is 1.20 bits per heavy atom. The van der Waals surface area contributed by atoms with Gasteiger partial charge in [0.15, 0.2) is 0 Å². The summed E-state index contributed by atoms with van der Waals surface area (Å²) in [7, 11) is 1.68. The number of urea groups is 1. The van der Waals surface area contributed by atoms with Crippen molar-refractivity contribution in [3.63, 3.8) is 0 Å². The van der Waals surface area contributed by atoms with Crippen LogP contribution in [0, 0.1) is 0 Å². The molecule has 0 unspecified atom stereocenters. The highest BCUT2D eigenvalue weighted by molar-refractivity contribution is 5.89. The lowest BCUT2D eigenvalue weighted by molar-refractivity contribution is 0.119. The number of aromatic nitrogens is 1. The van der Waals surface area contributed by atoms with E-state index in [1.807, 2.05) is 55.1 Å². The van der Waals surface area contributed by atoms with Crippen molar-refractivity contribution in [1.82, 2.24) is 9.88 Å². The number of rotatable bonds is 7. The van der Waals surface area contributed by atoms with Crippen molar-refractivity contribution >= 4 is 11.7 Å². The Balaban J connectivity index is 2.17. The molecule has 0 spiro atoms. The van der Waals surface area contributed by atoms with E-state index in [9.17, 15) is 4.79 Å². The fourth-order valence-corrected chi connectivity index (χ4v) is 2.93. The van der Waals surface area contributed by atoms with Crippen molar-refractivity contribution in [1.29, 1.82) is 0 Å². The molecule has 1 aromatic heterocycles. The topological polar surface area (TPSA) is 54.5 Å². The second kappa shape index (κ2) is 9.18. The van der Waals surface area contributed by atoms with Gasteiger partial charge in [-0.25, -0.2) is 4.79 Å². The number of hydrogen-bond donors (Lipinski definition) is 1. The summed E-state index contributed by atoms with van der Waals surface area (Å²) in [6.07, 6.45) is 4.35. The Labute approximate surface area is 150 Å². The minimum atomic E-state index is -0.103. The molecule has 0 aliphatic rings. The highest BCUT2D eigenvalue weighted by Crippen LogP contribution is 2.25. The van der Waals surface area contributed by atoms with Crippen molar-refractivity contribution < 1.29 is 9.53 Å². The summed E-state index contributed by atoms with van der Waals surface area (Å²) in [4.78, 5) is 18.7. The van der Waals surface area contributed by atoms with Crippen LogP contribution in [0.15, 0.2) is 48.8 Å². The zero-order valence-electron chi connectivity index (χ0n) is 15.4. The van der Waals surface area contributed by atoms with Gasteiger partial charge in [-0.3, -0.25) is 4.98 Å². The number of hydrogen-bond acceptors (Lipinski definition) is 3. The van der Waals surface area contributed by atoms with E-state index in [0.29, 0.717) is 6.54 Å². The van der Waals surface area contributed by atoms with Crippen molar-refractivity contribution in [2.24, 2.45) is 0 Å². The molecular formula is C20H27N3O2. The summed E-state index contributed by atoms with van der Waals surface area (Å²) in [5, 5.41) is 3.01. The molecule has 1 heterocycles.